The monoisotopic (exact) mass is 304 g/mol. The number of rotatable bonds is 5. The van der Waals surface area contributed by atoms with Gasteiger partial charge >= 0.3 is 0 Å². The summed E-state index contributed by atoms with van der Waals surface area (Å²) in [6, 6.07) is 4.54. The molecule has 0 radical (unpaired) electrons. The molecule has 22 heavy (non-hydrogen) atoms. The lowest BCUT2D eigenvalue weighted by molar-refractivity contribution is 0.196. The molecule has 0 amide bonds. The number of hydrogen-bond donors (Lipinski definition) is 1. The maximum absolute atomic E-state index is 13.1. The standard InChI is InChI=1S/C15H17FN4O2/c1-10-5-11(16)3-4-13(10)14-7-18-12(6-19-14)8-22-15(20-17)9-21-2/h3-7H,8-9,17H2,1-2H3/b20-15-. The van der Waals surface area contributed by atoms with Crippen LogP contribution in [-0.2, 0) is 16.1 Å². The molecular weight excluding hydrogens is 287 g/mol. The number of nitrogens with two attached hydrogens (primary N) is 1. The Kier molecular flexibility index (Phi) is 5.37. The molecule has 2 N–H and O–H groups in total. The number of nitrogens with zero attached hydrogens (tertiary/aromatic N) is 3. The van der Waals surface area contributed by atoms with Gasteiger partial charge in [0.15, 0.2) is 0 Å². The summed E-state index contributed by atoms with van der Waals surface area (Å²) in [4.78, 5) is 8.59. The fourth-order valence-corrected chi connectivity index (χ4v) is 1.88. The van der Waals surface area contributed by atoms with E-state index in [0.717, 1.165) is 11.1 Å². The van der Waals surface area contributed by atoms with E-state index in [1.807, 2.05) is 6.92 Å². The summed E-state index contributed by atoms with van der Waals surface area (Å²) in [5.41, 5.74) is 2.94. The Morgan fingerprint density at radius 1 is 1.32 bits per heavy atom. The molecule has 2 rings (SSSR count). The van der Waals surface area contributed by atoms with Crippen molar-refractivity contribution in [3.05, 3.63) is 47.7 Å². The third kappa shape index (κ3) is 3.98. The van der Waals surface area contributed by atoms with Crippen molar-refractivity contribution < 1.29 is 13.9 Å². The van der Waals surface area contributed by atoms with Crippen LogP contribution in [0.1, 0.15) is 11.3 Å². The maximum Gasteiger partial charge on any atom is 0.232 e. The first-order valence-corrected chi connectivity index (χ1v) is 6.60. The first-order chi connectivity index (χ1) is 10.6. The molecule has 0 aliphatic carbocycles. The summed E-state index contributed by atoms with van der Waals surface area (Å²) in [5, 5.41) is 3.46. The van der Waals surface area contributed by atoms with Crippen molar-refractivity contribution >= 4 is 5.90 Å². The second-order valence-electron chi connectivity index (χ2n) is 4.60. The molecule has 2 aromatic rings. The molecule has 1 aromatic carbocycles. The van der Waals surface area contributed by atoms with Crippen molar-refractivity contribution in [2.24, 2.45) is 10.9 Å². The first kappa shape index (κ1) is 15.8. The highest BCUT2D eigenvalue weighted by Crippen LogP contribution is 2.21. The van der Waals surface area contributed by atoms with Crippen molar-refractivity contribution in [2.45, 2.75) is 13.5 Å². The molecule has 0 saturated carbocycles. The van der Waals surface area contributed by atoms with Crippen LogP contribution in [0.3, 0.4) is 0 Å². The number of hydrogen-bond acceptors (Lipinski definition) is 6. The van der Waals surface area contributed by atoms with E-state index < -0.39 is 0 Å². The van der Waals surface area contributed by atoms with Crippen LogP contribution in [0.15, 0.2) is 35.7 Å². The molecule has 1 heterocycles. The predicted molar refractivity (Wildman–Crippen MR) is 80.5 cm³/mol. The summed E-state index contributed by atoms with van der Waals surface area (Å²) in [5.74, 6) is 5.18. The van der Waals surface area contributed by atoms with Gasteiger partial charge in [-0.05, 0) is 30.7 Å². The number of halogens is 1. The number of ether oxygens (including phenoxy) is 2. The van der Waals surface area contributed by atoms with Crippen LogP contribution in [0, 0.1) is 12.7 Å². The molecular formula is C15H17FN4O2. The van der Waals surface area contributed by atoms with Crippen LogP contribution in [0.2, 0.25) is 0 Å². The Bertz CT molecular complexity index is 659. The molecule has 0 saturated heterocycles. The zero-order chi connectivity index (χ0) is 15.9. The van der Waals surface area contributed by atoms with Crippen molar-refractivity contribution in [1.82, 2.24) is 9.97 Å². The van der Waals surface area contributed by atoms with Crippen LogP contribution in [0.4, 0.5) is 4.39 Å². The van der Waals surface area contributed by atoms with Gasteiger partial charge in [0.25, 0.3) is 0 Å². The molecule has 0 fully saturated rings. The highest BCUT2D eigenvalue weighted by Gasteiger charge is 2.07. The summed E-state index contributed by atoms with van der Waals surface area (Å²) in [6.07, 6.45) is 3.22. The fourth-order valence-electron chi connectivity index (χ4n) is 1.88. The number of benzene rings is 1. The smallest absolute Gasteiger partial charge is 0.232 e. The molecule has 0 atom stereocenters. The molecule has 0 spiro atoms. The molecule has 0 bridgehead atoms. The van der Waals surface area contributed by atoms with Crippen LogP contribution in [0.25, 0.3) is 11.3 Å². The van der Waals surface area contributed by atoms with E-state index in [-0.39, 0.29) is 24.9 Å². The van der Waals surface area contributed by atoms with E-state index in [1.165, 1.54) is 19.2 Å². The Labute approximate surface area is 127 Å². The summed E-state index contributed by atoms with van der Waals surface area (Å²) in [6.45, 7) is 2.21. The average Bonchev–Trinajstić information content (AvgIpc) is 2.52. The molecule has 1 aromatic heterocycles. The van der Waals surface area contributed by atoms with E-state index in [9.17, 15) is 4.39 Å². The van der Waals surface area contributed by atoms with E-state index in [1.54, 1.807) is 18.5 Å². The minimum absolute atomic E-state index is 0.190. The van der Waals surface area contributed by atoms with E-state index in [0.29, 0.717) is 11.4 Å². The third-order valence-electron chi connectivity index (χ3n) is 2.97. The van der Waals surface area contributed by atoms with Gasteiger partial charge in [-0.25, -0.2) is 4.39 Å². The quantitative estimate of drug-likeness (QED) is 0.395. The van der Waals surface area contributed by atoms with Gasteiger partial charge in [0, 0.05) is 12.7 Å². The molecule has 0 aliphatic rings. The van der Waals surface area contributed by atoms with Gasteiger partial charge in [0.05, 0.1) is 23.8 Å². The zero-order valence-corrected chi connectivity index (χ0v) is 12.4. The number of methoxy groups -OCH3 is 1. The van der Waals surface area contributed by atoms with Crippen molar-refractivity contribution in [3.8, 4) is 11.3 Å². The maximum atomic E-state index is 13.1. The van der Waals surface area contributed by atoms with Crippen molar-refractivity contribution in [1.29, 1.82) is 0 Å². The van der Waals surface area contributed by atoms with Crippen molar-refractivity contribution in [3.63, 3.8) is 0 Å². The molecule has 0 unspecified atom stereocenters. The largest absolute Gasteiger partial charge is 0.472 e. The van der Waals surface area contributed by atoms with Gasteiger partial charge in [0.2, 0.25) is 5.90 Å². The summed E-state index contributed by atoms with van der Waals surface area (Å²) < 4.78 is 23.3. The molecule has 116 valence electrons. The van der Waals surface area contributed by atoms with E-state index in [4.69, 9.17) is 15.3 Å². The predicted octanol–water partition coefficient (Wildman–Crippen LogP) is 2.03. The lowest BCUT2D eigenvalue weighted by atomic mass is 10.1. The SMILES string of the molecule is COC/C(=N/N)OCc1cnc(-c2ccc(F)cc2C)cn1. The first-order valence-electron chi connectivity index (χ1n) is 6.60. The molecule has 7 heteroatoms. The highest BCUT2D eigenvalue weighted by atomic mass is 19.1. The Balaban J connectivity index is 2.07. The number of aromatic nitrogens is 2. The minimum Gasteiger partial charge on any atom is -0.472 e. The second-order valence-corrected chi connectivity index (χ2v) is 4.60. The second kappa shape index (κ2) is 7.46. The minimum atomic E-state index is -0.272. The molecule has 6 nitrogen and oxygen atoms in total. The van der Waals surface area contributed by atoms with Crippen LogP contribution in [-0.4, -0.2) is 29.6 Å². The van der Waals surface area contributed by atoms with Crippen LogP contribution in [0.5, 0.6) is 0 Å². The zero-order valence-electron chi connectivity index (χ0n) is 12.4. The number of hydrazone groups is 1. The summed E-state index contributed by atoms with van der Waals surface area (Å²) >= 11 is 0. The van der Waals surface area contributed by atoms with Gasteiger partial charge < -0.3 is 15.3 Å². The van der Waals surface area contributed by atoms with E-state index >= 15 is 0 Å². The van der Waals surface area contributed by atoms with Gasteiger partial charge in [-0.15, -0.1) is 5.10 Å². The van der Waals surface area contributed by atoms with Gasteiger partial charge in [-0.3, -0.25) is 9.97 Å². The third-order valence-corrected chi connectivity index (χ3v) is 2.97. The van der Waals surface area contributed by atoms with Crippen molar-refractivity contribution in [2.75, 3.05) is 13.7 Å². The average molecular weight is 304 g/mol. The highest BCUT2D eigenvalue weighted by molar-refractivity contribution is 5.76. The van der Waals surface area contributed by atoms with Gasteiger partial charge in [-0.2, -0.15) is 0 Å². The Hall–Kier alpha value is -2.54. The van der Waals surface area contributed by atoms with Gasteiger partial charge in [0.1, 0.15) is 19.0 Å². The number of aryl methyl sites for hydroxylation is 1. The summed E-state index contributed by atoms with van der Waals surface area (Å²) in [7, 11) is 1.52. The lowest BCUT2D eigenvalue weighted by Crippen LogP contribution is -2.14. The Morgan fingerprint density at radius 3 is 2.73 bits per heavy atom. The lowest BCUT2D eigenvalue weighted by Gasteiger charge is -2.08. The van der Waals surface area contributed by atoms with Gasteiger partial charge in [-0.1, -0.05) is 0 Å². The normalized spacial score (nSPS) is 11.5. The van der Waals surface area contributed by atoms with Crippen LogP contribution < -0.4 is 5.84 Å². The van der Waals surface area contributed by atoms with Crippen LogP contribution >= 0.6 is 0 Å². The van der Waals surface area contributed by atoms with E-state index in [2.05, 4.69) is 15.1 Å². The Morgan fingerprint density at radius 2 is 2.14 bits per heavy atom. The fraction of sp³-hybridized carbons (Fsp3) is 0.267. The molecule has 0 aliphatic heterocycles. The topological polar surface area (TPSA) is 82.6 Å².